The van der Waals surface area contributed by atoms with Crippen molar-refractivity contribution in [3.8, 4) is 0 Å². The van der Waals surface area contributed by atoms with Crippen LogP contribution in [-0.2, 0) is 4.74 Å². The van der Waals surface area contributed by atoms with Crippen molar-refractivity contribution in [3.05, 3.63) is 24.0 Å². The highest BCUT2D eigenvalue weighted by Gasteiger charge is 2.18. The Morgan fingerprint density at radius 3 is 2.50 bits per heavy atom. The molecule has 1 rings (SSSR count). The van der Waals surface area contributed by atoms with Gasteiger partial charge in [-0.1, -0.05) is 20.3 Å². The van der Waals surface area contributed by atoms with Gasteiger partial charge in [0.25, 0.3) is 0 Å². The lowest BCUT2D eigenvalue weighted by atomic mass is 10.1. The van der Waals surface area contributed by atoms with E-state index in [1.807, 2.05) is 0 Å². The molecule has 1 aromatic carbocycles. The maximum absolute atomic E-state index is 13.5. The summed E-state index contributed by atoms with van der Waals surface area (Å²) in [6, 6.07) is 4.50. The number of hydrogen-bond acceptors (Lipinski definition) is 3. The second kappa shape index (κ2) is 8.01. The SMILES string of the molecule is CCCC(CC)Nc1cc(F)ccc1NC(=O)OC(C)(C)C. The van der Waals surface area contributed by atoms with E-state index in [2.05, 4.69) is 24.5 Å². The Labute approximate surface area is 132 Å². The molecule has 1 aromatic rings. The first-order valence-corrected chi connectivity index (χ1v) is 7.81. The van der Waals surface area contributed by atoms with Crippen molar-refractivity contribution in [2.75, 3.05) is 10.6 Å². The molecule has 0 radical (unpaired) electrons. The minimum atomic E-state index is -0.578. The molecule has 124 valence electrons. The molecule has 0 bridgehead atoms. The average Bonchev–Trinajstić information content (AvgIpc) is 2.39. The monoisotopic (exact) mass is 310 g/mol. The van der Waals surface area contributed by atoms with Gasteiger partial charge in [-0.2, -0.15) is 0 Å². The lowest BCUT2D eigenvalue weighted by Gasteiger charge is -2.22. The smallest absolute Gasteiger partial charge is 0.412 e. The number of carbonyl (C=O) groups is 1. The number of anilines is 2. The van der Waals surface area contributed by atoms with Gasteiger partial charge >= 0.3 is 6.09 Å². The quantitative estimate of drug-likeness (QED) is 0.762. The molecule has 4 nitrogen and oxygen atoms in total. The molecule has 0 aromatic heterocycles. The van der Waals surface area contributed by atoms with E-state index in [4.69, 9.17) is 4.74 Å². The molecule has 0 aliphatic carbocycles. The molecular formula is C17H27FN2O2. The Hall–Kier alpha value is -1.78. The Balaban J connectivity index is 2.88. The van der Waals surface area contributed by atoms with Crippen LogP contribution in [0.2, 0.25) is 0 Å². The molecule has 0 aliphatic heterocycles. The number of amides is 1. The third-order valence-electron chi connectivity index (χ3n) is 3.11. The van der Waals surface area contributed by atoms with E-state index in [0.717, 1.165) is 19.3 Å². The number of nitrogens with one attached hydrogen (secondary N) is 2. The summed E-state index contributed by atoms with van der Waals surface area (Å²) in [6.45, 7) is 9.57. The molecule has 0 aliphatic rings. The van der Waals surface area contributed by atoms with E-state index in [0.29, 0.717) is 11.4 Å². The van der Waals surface area contributed by atoms with Gasteiger partial charge in [0.1, 0.15) is 11.4 Å². The van der Waals surface area contributed by atoms with E-state index in [1.54, 1.807) is 26.8 Å². The van der Waals surface area contributed by atoms with Crippen LogP contribution in [0.3, 0.4) is 0 Å². The van der Waals surface area contributed by atoms with Gasteiger partial charge in [-0.25, -0.2) is 9.18 Å². The van der Waals surface area contributed by atoms with Crippen molar-refractivity contribution in [2.45, 2.75) is 65.5 Å². The van der Waals surface area contributed by atoms with Crippen LogP contribution in [0.1, 0.15) is 53.9 Å². The lowest BCUT2D eigenvalue weighted by molar-refractivity contribution is 0.0636. The number of ether oxygens (including phenoxy) is 1. The molecule has 1 atom stereocenters. The van der Waals surface area contributed by atoms with Crippen molar-refractivity contribution >= 4 is 17.5 Å². The fourth-order valence-corrected chi connectivity index (χ4v) is 2.11. The van der Waals surface area contributed by atoms with Gasteiger partial charge in [-0.15, -0.1) is 0 Å². The van der Waals surface area contributed by atoms with Crippen LogP contribution >= 0.6 is 0 Å². The molecule has 2 N–H and O–H groups in total. The van der Waals surface area contributed by atoms with E-state index in [-0.39, 0.29) is 11.9 Å². The molecule has 0 saturated carbocycles. The molecular weight excluding hydrogens is 283 g/mol. The predicted molar refractivity (Wildman–Crippen MR) is 88.9 cm³/mol. The third kappa shape index (κ3) is 6.33. The number of benzene rings is 1. The Morgan fingerprint density at radius 2 is 1.95 bits per heavy atom. The van der Waals surface area contributed by atoms with Gasteiger partial charge < -0.3 is 10.1 Å². The average molecular weight is 310 g/mol. The summed E-state index contributed by atoms with van der Waals surface area (Å²) in [5.74, 6) is -0.344. The molecule has 0 fully saturated rings. The fourth-order valence-electron chi connectivity index (χ4n) is 2.11. The molecule has 0 spiro atoms. The van der Waals surface area contributed by atoms with Crippen LogP contribution in [0.5, 0.6) is 0 Å². The third-order valence-corrected chi connectivity index (χ3v) is 3.11. The van der Waals surface area contributed by atoms with E-state index >= 15 is 0 Å². The summed E-state index contributed by atoms with van der Waals surface area (Å²) in [7, 11) is 0. The maximum atomic E-state index is 13.5. The Morgan fingerprint density at radius 1 is 1.27 bits per heavy atom. The molecule has 1 amide bonds. The summed E-state index contributed by atoms with van der Waals surface area (Å²) in [5, 5.41) is 5.97. The van der Waals surface area contributed by atoms with Gasteiger partial charge in [-0.3, -0.25) is 5.32 Å². The number of hydrogen-bond donors (Lipinski definition) is 2. The second-order valence-corrected chi connectivity index (χ2v) is 6.35. The largest absolute Gasteiger partial charge is 0.444 e. The van der Waals surface area contributed by atoms with Crippen molar-refractivity contribution in [1.82, 2.24) is 0 Å². The highest BCUT2D eigenvalue weighted by molar-refractivity contribution is 5.89. The summed E-state index contributed by atoms with van der Waals surface area (Å²) in [4.78, 5) is 11.9. The van der Waals surface area contributed by atoms with Crippen LogP contribution in [0.15, 0.2) is 18.2 Å². The molecule has 0 heterocycles. The Bertz CT molecular complexity index is 498. The van der Waals surface area contributed by atoms with Crippen LogP contribution in [-0.4, -0.2) is 17.7 Å². The highest BCUT2D eigenvalue weighted by Crippen LogP contribution is 2.25. The zero-order chi connectivity index (χ0) is 16.8. The first-order chi connectivity index (χ1) is 10.2. The number of halogens is 1. The topological polar surface area (TPSA) is 50.4 Å². The van der Waals surface area contributed by atoms with Crippen LogP contribution in [0.4, 0.5) is 20.6 Å². The second-order valence-electron chi connectivity index (χ2n) is 6.35. The molecule has 0 saturated heterocycles. The first kappa shape index (κ1) is 18.3. The predicted octanol–water partition coefficient (Wildman–Crippen LogP) is 5.16. The van der Waals surface area contributed by atoms with Crippen molar-refractivity contribution in [2.24, 2.45) is 0 Å². The molecule has 5 heteroatoms. The fraction of sp³-hybridized carbons (Fsp3) is 0.588. The van der Waals surface area contributed by atoms with Gasteiger partial charge in [0.2, 0.25) is 0 Å². The van der Waals surface area contributed by atoms with Crippen molar-refractivity contribution in [3.63, 3.8) is 0 Å². The zero-order valence-electron chi connectivity index (χ0n) is 14.1. The first-order valence-electron chi connectivity index (χ1n) is 7.81. The van der Waals surface area contributed by atoms with Crippen LogP contribution in [0.25, 0.3) is 0 Å². The summed E-state index contributed by atoms with van der Waals surface area (Å²) in [5.41, 5.74) is 0.516. The highest BCUT2D eigenvalue weighted by atomic mass is 19.1. The maximum Gasteiger partial charge on any atom is 0.412 e. The van der Waals surface area contributed by atoms with Gasteiger partial charge in [-0.05, 0) is 51.8 Å². The van der Waals surface area contributed by atoms with E-state index in [9.17, 15) is 9.18 Å². The van der Waals surface area contributed by atoms with Crippen molar-refractivity contribution in [1.29, 1.82) is 0 Å². The zero-order valence-corrected chi connectivity index (χ0v) is 14.1. The normalized spacial score (nSPS) is 12.6. The minimum absolute atomic E-state index is 0.242. The summed E-state index contributed by atoms with van der Waals surface area (Å²) in [6.07, 6.45) is 2.40. The summed E-state index contributed by atoms with van der Waals surface area (Å²) >= 11 is 0. The van der Waals surface area contributed by atoms with Gasteiger partial charge in [0.15, 0.2) is 0 Å². The van der Waals surface area contributed by atoms with E-state index < -0.39 is 11.7 Å². The Kier molecular flexibility index (Phi) is 6.65. The van der Waals surface area contributed by atoms with Crippen molar-refractivity contribution < 1.29 is 13.9 Å². The van der Waals surface area contributed by atoms with Crippen LogP contribution in [0, 0.1) is 5.82 Å². The van der Waals surface area contributed by atoms with Gasteiger partial charge in [0.05, 0.1) is 11.4 Å². The standard InChI is InChI=1S/C17H27FN2O2/c1-6-8-13(7-2)19-15-11-12(18)9-10-14(15)20-16(21)22-17(3,4)5/h9-11,13,19H,6-8H2,1-5H3,(H,20,21). The molecule has 1 unspecified atom stereocenters. The van der Waals surface area contributed by atoms with Crippen LogP contribution < -0.4 is 10.6 Å². The minimum Gasteiger partial charge on any atom is -0.444 e. The number of carbonyl (C=O) groups excluding carboxylic acids is 1. The summed E-state index contributed by atoms with van der Waals surface area (Å²) < 4.78 is 18.7. The number of rotatable bonds is 6. The molecule has 22 heavy (non-hydrogen) atoms. The lowest BCUT2D eigenvalue weighted by Crippen LogP contribution is -2.28. The van der Waals surface area contributed by atoms with E-state index in [1.165, 1.54) is 12.1 Å². The van der Waals surface area contributed by atoms with Gasteiger partial charge in [0, 0.05) is 6.04 Å².